The van der Waals surface area contributed by atoms with Gasteiger partial charge in [-0.2, -0.15) is 0 Å². The van der Waals surface area contributed by atoms with Crippen molar-refractivity contribution in [3.8, 4) is 66.8 Å². The summed E-state index contributed by atoms with van der Waals surface area (Å²) in [6.07, 6.45) is 0. The fourth-order valence-corrected chi connectivity index (χ4v) is 9.85. The molecule has 0 unspecified atom stereocenters. The number of hydrogen-bond donors (Lipinski definition) is 0. The highest BCUT2D eigenvalue weighted by Gasteiger charge is 2.35. The third-order valence-electron chi connectivity index (χ3n) is 12.4. The second kappa shape index (κ2) is 13.0. The first kappa shape index (κ1) is 33.3. The molecule has 1 aliphatic carbocycles. The normalized spacial score (nSPS) is 12.9. The topological polar surface area (TPSA) is 0 Å². The highest BCUT2D eigenvalue weighted by Crippen LogP contribution is 2.55. The van der Waals surface area contributed by atoms with Crippen molar-refractivity contribution in [3.63, 3.8) is 0 Å². The van der Waals surface area contributed by atoms with E-state index < -0.39 is 0 Å². The zero-order valence-electron chi connectivity index (χ0n) is 32.1. The molecule has 11 rings (SSSR count). The summed E-state index contributed by atoms with van der Waals surface area (Å²) >= 11 is 0. The second-order valence-corrected chi connectivity index (χ2v) is 16.0. The Morgan fingerprint density at radius 3 is 1.25 bits per heavy atom. The molecule has 10 aromatic carbocycles. The van der Waals surface area contributed by atoms with Crippen LogP contribution in [0.4, 0.5) is 0 Å². The van der Waals surface area contributed by atoms with Gasteiger partial charge in [0.15, 0.2) is 0 Å². The minimum absolute atomic E-state index is 0.0782. The molecule has 0 radical (unpaired) electrons. The molecule has 0 aliphatic heterocycles. The van der Waals surface area contributed by atoms with Gasteiger partial charge in [-0.15, -0.1) is 0 Å². The van der Waals surface area contributed by atoms with Crippen molar-refractivity contribution in [2.75, 3.05) is 0 Å². The van der Waals surface area contributed by atoms with Gasteiger partial charge in [-0.1, -0.05) is 208 Å². The molecular formula is C57H40. The monoisotopic (exact) mass is 724 g/mol. The predicted molar refractivity (Wildman–Crippen MR) is 244 cm³/mol. The van der Waals surface area contributed by atoms with Crippen molar-refractivity contribution < 1.29 is 0 Å². The molecule has 0 amide bonds. The maximum Gasteiger partial charge on any atom is 0.0159 e. The molecule has 268 valence electrons. The van der Waals surface area contributed by atoms with E-state index >= 15 is 0 Å². The summed E-state index contributed by atoms with van der Waals surface area (Å²) in [6.45, 7) is 4.74. The van der Waals surface area contributed by atoms with Gasteiger partial charge in [-0.05, 0) is 122 Å². The van der Waals surface area contributed by atoms with Crippen molar-refractivity contribution in [2.45, 2.75) is 19.3 Å². The molecule has 10 aromatic rings. The average Bonchev–Trinajstić information content (AvgIpc) is 3.51. The minimum Gasteiger partial charge on any atom is -0.0622 e. The Balaban J connectivity index is 1.35. The first-order valence-corrected chi connectivity index (χ1v) is 20.0. The Morgan fingerprint density at radius 2 is 0.667 bits per heavy atom. The van der Waals surface area contributed by atoms with Crippen molar-refractivity contribution in [2.24, 2.45) is 0 Å². The van der Waals surface area contributed by atoms with Crippen molar-refractivity contribution in [3.05, 3.63) is 217 Å². The molecule has 0 bridgehead atoms. The van der Waals surface area contributed by atoms with Gasteiger partial charge in [0.1, 0.15) is 0 Å². The third kappa shape index (κ3) is 5.14. The van der Waals surface area contributed by atoms with E-state index in [-0.39, 0.29) is 5.41 Å². The van der Waals surface area contributed by atoms with Gasteiger partial charge in [-0.25, -0.2) is 0 Å². The first-order valence-electron chi connectivity index (χ1n) is 20.0. The summed E-state index contributed by atoms with van der Waals surface area (Å²) in [5.74, 6) is 0. The third-order valence-corrected chi connectivity index (χ3v) is 12.4. The van der Waals surface area contributed by atoms with Gasteiger partial charge in [0, 0.05) is 5.41 Å². The molecule has 0 nitrogen and oxygen atoms in total. The Labute approximate surface area is 334 Å². The zero-order chi connectivity index (χ0) is 38.1. The summed E-state index contributed by atoms with van der Waals surface area (Å²) < 4.78 is 0. The molecule has 1 aliphatic rings. The molecule has 0 saturated heterocycles. The lowest BCUT2D eigenvalue weighted by Crippen LogP contribution is -2.14. The molecule has 57 heavy (non-hydrogen) atoms. The van der Waals surface area contributed by atoms with Crippen molar-refractivity contribution in [1.29, 1.82) is 0 Å². The summed E-state index contributed by atoms with van der Waals surface area (Å²) in [5.41, 5.74) is 17.7. The van der Waals surface area contributed by atoms with Crippen LogP contribution in [-0.4, -0.2) is 0 Å². The fourth-order valence-electron chi connectivity index (χ4n) is 9.85. The predicted octanol–water partition coefficient (Wildman–Crippen LogP) is 15.8. The molecule has 0 heteroatoms. The molecule has 0 atom stereocenters. The summed E-state index contributed by atoms with van der Waals surface area (Å²) in [7, 11) is 0. The molecule has 0 fully saturated rings. The van der Waals surface area contributed by atoms with E-state index in [9.17, 15) is 0 Å². The van der Waals surface area contributed by atoms with E-state index in [1.54, 1.807) is 0 Å². The van der Waals surface area contributed by atoms with E-state index in [1.165, 1.54) is 110 Å². The molecule has 0 aromatic heterocycles. The van der Waals surface area contributed by atoms with E-state index in [0.29, 0.717) is 0 Å². The van der Waals surface area contributed by atoms with E-state index in [1.807, 2.05) is 0 Å². The number of benzene rings is 10. The number of fused-ring (bicyclic) bond motifs is 9. The lowest BCUT2D eigenvalue weighted by atomic mass is 9.76. The quantitative estimate of drug-likeness (QED) is 0.155. The zero-order valence-corrected chi connectivity index (χ0v) is 32.1. The molecule has 0 heterocycles. The van der Waals surface area contributed by atoms with E-state index in [4.69, 9.17) is 0 Å². The Bertz CT molecular complexity index is 3160. The molecule has 0 N–H and O–H groups in total. The molecule has 0 spiro atoms. The maximum absolute atomic E-state index is 2.49. The highest BCUT2D eigenvalue weighted by molar-refractivity contribution is 6.35. The van der Waals surface area contributed by atoms with Crippen LogP contribution in [0.25, 0.3) is 99.1 Å². The minimum atomic E-state index is -0.0782. The fraction of sp³-hybridized carbons (Fsp3) is 0.0526. The van der Waals surface area contributed by atoms with Crippen LogP contribution in [0.3, 0.4) is 0 Å². The smallest absolute Gasteiger partial charge is 0.0159 e. The Hall–Kier alpha value is -7.02. The summed E-state index contributed by atoms with van der Waals surface area (Å²) in [4.78, 5) is 0. The van der Waals surface area contributed by atoms with E-state index in [2.05, 4.69) is 220 Å². The highest BCUT2D eigenvalue weighted by atomic mass is 14.4. The lowest BCUT2D eigenvalue weighted by molar-refractivity contribution is 0.660. The van der Waals surface area contributed by atoms with Crippen molar-refractivity contribution in [1.82, 2.24) is 0 Å². The van der Waals surface area contributed by atoms with Gasteiger partial charge >= 0.3 is 0 Å². The Kier molecular flexibility index (Phi) is 7.63. The van der Waals surface area contributed by atoms with Gasteiger partial charge < -0.3 is 0 Å². The number of rotatable bonds is 5. The van der Waals surface area contributed by atoms with Crippen LogP contribution < -0.4 is 0 Å². The van der Waals surface area contributed by atoms with Crippen molar-refractivity contribution >= 4 is 32.3 Å². The van der Waals surface area contributed by atoms with Crippen LogP contribution in [0, 0.1) is 0 Å². The van der Waals surface area contributed by atoms with Gasteiger partial charge in [0.05, 0.1) is 0 Å². The van der Waals surface area contributed by atoms with Crippen LogP contribution in [0.5, 0.6) is 0 Å². The van der Waals surface area contributed by atoms with Gasteiger partial charge in [0.2, 0.25) is 0 Å². The average molecular weight is 725 g/mol. The van der Waals surface area contributed by atoms with Crippen LogP contribution in [-0.2, 0) is 5.41 Å². The number of hydrogen-bond acceptors (Lipinski definition) is 0. The van der Waals surface area contributed by atoms with Crippen LogP contribution in [0.2, 0.25) is 0 Å². The second-order valence-electron chi connectivity index (χ2n) is 16.0. The van der Waals surface area contributed by atoms with Gasteiger partial charge in [0.25, 0.3) is 0 Å². The van der Waals surface area contributed by atoms with Gasteiger partial charge in [-0.3, -0.25) is 0 Å². The maximum atomic E-state index is 2.49. The molecular weight excluding hydrogens is 685 g/mol. The van der Waals surface area contributed by atoms with E-state index in [0.717, 1.165) is 0 Å². The molecule has 0 saturated carbocycles. The largest absolute Gasteiger partial charge is 0.0622 e. The summed E-state index contributed by atoms with van der Waals surface area (Å²) in [5, 5.41) is 7.61. The first-order chi connectivity index (χ1) is 28.1. The van der Waals surface area contributed by atoms with Crippen LogP contribution in [0.1, 0.15) is 25.0 Å². The lowest BCUT2D eigenvalue weighted by Gasteiger charge is -2.26. The standard InChI is InChI=1S/C57H40/c1-57(2)49-30-18-17-28-45(49)46-34-32-42(36-50(46)57)41-31-33-44-43-27-15-16-29-47(43)55-53(39-23-11-5-12-24-39)51(37-19-7-3-8-20-37)52(38-21-9-4-10-22-38)54(56(55)48(44)35-41)40-25-13-6-14-26-40/h3-36H,1-2H3. The Morgan fingerprint density at radius 1 is 0.263 bits per heavy atom. The van der Waals surface area contributed by atoms with Crippen LogP contribution in [0.15, 0.2) is 206 Å². The SMILES string of the molecule is CC1(C)c2ccccc2-c2ccc(-c3ccc4c5ccccc5c5c(-c6ccccc6)c(-c6ccccc6)c(-c6ccccc6)c(-c6ccccc6)c5c4c3)cc21. The van der Waals surface area contributed by atoms with Crippen LogP contribution >= 0.6 is 0 Å². The summed E-state index contributed by atoms with van der Waals surface area (Å²) in [6, 6.07) is 76.5.